The van der Waals surface area contributed by atoms with Gasteiger partial charge in [0.1, 0.15) is 11.6 Å². The van der Waals surface area contributed by atoms with Crippen LogP contribution in [0, 0.1) is 19.1 Å². The van der Waals surface area contributed by atoms with Crippen LogP contribution < -0.4 is 4.74 Å². The Morgan fingerprint density at radius 1 is 0.561 bits per heavy atom. The second kappa shape index (κ2) is 10.0. The van der Waals surface area contributed by atoms with Gasteiger partial charge in [0.05, 0.1) is 0 Å². The molecule has 0 saturated carbocycles. The number of nitrogens with zero attached hydrogens (tertiary/aromatic N) is 4. The third kappa shape index (κ3) is 4.13. The van der Waals surface area contributed by atoms with Gasteiger partial charge in [0.15, 0.2) is 0 Å². The molecule has 0 aliphatic heterocycles. The molecule has 0 radical (unpaired) electrons. The first-order valence-electron chi connectivity index (χ1n) is 13.2. The Labute approximate surface area is 250 Å². The standard InChI is InChI=1S/C35H22N4O.Pt/c1-23-9-8-15-35(37-23)39-31-13-5-3-11-27(31)29-19-17-25(22-33(29)39)40-24-16-18-28-26-10-2-4-12-30(26)38(32(28)21-24)34-14-6-7-20-36-34;/h2-20H,1H3;/q-2;+2. The third-order valence-electron chi connectivity index (χ3n) is 7.31. The summed E-state index contributed by atoms with van der Waals surface area (Å²) in [7, 11) is 0. The van der Waals surface area contributed by atoms with Crippen molar-refractivity contribution in [2.75, 3.05) is 0 Å². The minimum atomic E-state index is 0. The van der Waals surface area contributed by atoms with Gasteiger partial charge in [-0.1, -0.05) is 59.6 Å². The van der Waals surface area contributed by atoms with Crippen molar-refractivity contribution in [2.24, 2.45) is 0 Å². The summed E-state index contributed by atoms with van der Waals surface area (Å²) < 4.78 is 10.7. The van der Waals surface area contributed by atoms with Crippen molar-refractivity contribution >= 4 is 43.6 Å². The van der Waals surface area contributed by atoms with Crippen LogP contribution >= 0.6 is 0 Å². The Balaban J connectivity index is 0.00000276. The van der Waals surface area contributed by atoms with Crippen LogP contribution in [-0.2, 0) is 21.1 Å². The fourth-order valence-electron chi connectivity index (χ4n) is 5.60. The van der Waals surface area contributed by atoms with Gasteiger partial charge in [0.2, 0.25) is 0 Å². The number of hydrogen-bond acceptors (Lipinski definition) is 3. The first kappa shape index (κ1) is 25.3. The summed E-state index contributed by atoms with van der Waals surface area (Å²) in [6.07, 6.45) is 1.81. The fourth-order valence-corrected chi connectivity index (χ4v) is 5.60. The van der Waals surface area contributed by atoms with Gasteiger partial charge in [-0.05, 0) is 54.1 Å². The molecule has 0 spiro atoms. The van der Waals surface area contributed by atoms with Gasteiger partial charge in [-0.3, -0.25) is 0 Å². The first-order valence-corrected chi connectivity index (χ1v) is 13.2. The van der Waals surface area contributed by atoms with E-state index in [9.17, 15) is 0 Å². The van der Waals surface area contributed by atoms with Crippen molar-refractivity contribution < 1.29 is 25.8 Å². The molecule has 0 aliphatic carbocycles. The molecule has 0 fully saturated rings. The van der Waals surface area contributed by atoms with Gasteiger partial charge in [-0.25, -0.2) is 9.97 Å². The summed E-state index contributed by atoms with van der Waals surface area (Å²) in [6, 6.07) is 43.9. The second-order valence-corrected chi connectivity index (χ2v) is 9.80. The maximum absolute atomic E-state index is 6.41. The maximum atomic E-state index is 6.41. The molecule has 0 bridgehead atoms. The molecule has 0 atom stereocenters. The van der Waals surface area contributed by atoms with Crippen molar-refractivity contribution in [3.63, 3.8) is 0 Å². The summed E-state index contributed by atoms with van der Waals surface area (Å²) in [6.45, 7) is 2.01. The Hall–Kier alpha value is -4.73. The monoisotopic (exact) mass is 709 g/mol. The predicted molar refractivity (Wildman–Crippen MR) is 160 cm³/mol. The Morgan fingerprint density at radius 2 is 1.12 bits per heavy atom. The van der Waals surface area contributed by atoms with E-state index in [2.05, 4.69) is 80.8 Å². The molecule has 0 unspecified atom stereocenters. The van der Waals surface area contributed by atoms with E-state index in [0.29, 0.717) is 11.5 Å². The molecule has 4 heterocycles. The zero-order chi connectivity index (χ0) is 26.6. The van der Waals surface area contributed by atoms with Crippen LogP contribution in [0.15, 0.2) is 115 Å². The van der Waals surface area contributed by atoms with Crippen molar-refractivity contribution in [1.82, 2.24) is 19.1 Å². The van der Waals surface area contributed by atoms with E-state index in [1.807, 2.05) is 67.7 Å². The zero-order valence-corrected chi connectivity index (χ0v) is 24.3. The molecule has 8 aromatic rings. The van der Waals surface area contributed by atoms with Gasteiger partial charge < -0.3 is 13.9 Å². The van der Waals surface area contributed by atoms with Gasteiger partial charge >= 0.3 is 21.1 Å². The molecule has 41 heavy (non-hydrogen) atoms. The van der Waals surface area contributed by atoms with E-state index in [1.165, 1.54) is 0 Å². The van der Waals surface area contributed by atoms with Crippen LogP contribution in [-0.4, -0.2) is 19.1 Å². The zero-order valence-electron chi connectivity index (χ0n) is 22.0. The number of benzene rings is 4. The largest absolute Gasteiger partial charge is 2.00 e. The molecular formula is C35H22N4OPt. The first-order chi connectivity index (χ1) is 19.7. The molecule has 4 aromatic heterocycles. The molecule has 6 heteroatoms. The van der Waals surface area contributed by atoms with Crippen molar-refractivity contribution in [3.05, 3.63) is 133 Å². The van der Waals surface area contributed by atoms with Gasteiger partial charge in [0, 0.05) is 34.4 Å². The van der Waals surface area contributed by atoms with Crippen LogP contribution in [0.3, 0.4) is 0 Å². The second-order valence-electron chi connectivity index (χ2n) is 9.80. The van der Waals surface area contributed by atoms with Gasteiger partial charge in [0.25, 0.3) is 0 Å². The molecular weight excluding hydrogens is 687 g/mol. The molecule has 0 aliphatic rings. The normalized spacial score (nSPS) is 11.3. The number of aromatic nitrogens is 4. The predicted octanol–water partition coefficient (Wildman–Crippen LogP) is 8.37. The van der Waals surface area contributed by atoms with E-state index < -0.39 is 0 Å². The van der Waals surface area contributed by atoms with Crippen LogP contribution in [0.2, 0.25) is 0 Å². The Morgan fingerprint density at radius 3 is 1.71 bits per heavy atom. The van der Waals surface area contributed by atoms with E-state index in [-0.39, 0.29) is 21.1 Å². The van der Waals surface area contributed by atoms with E-state index in [4.69, 9.17) is 9.72 Å². The summed E-state index contributed by atoms with van der Waals surface area (Å²) >= 11 is 0. The van der Waals surface area contributed by atoms with E-state index in [0.717, 1.165) is 60.9 Å². The smallest absolute Gasteiger partial charge is 0.509 e. The molecule has 4 aromatic carbocycles. The molecule has 0 amide bonds. The number of para-hydroxylation sites is 2. The van der Waals surface area contributed by atoms with Crippen molar-refractivity contribution in [3.8, 4) is 23.1 Å². The number of rotatable bonds is 4. The molecule has 8 rings (SSSR count). The topological polar surface area (TPSA) is 44.9 Å². The van der Waals surface area contributed by atoms with Crippen LogP contribution in [0.1, 0.15) is 5.69 Å². The van der Waals surface area contributed by atoms with E-state index in [1.54, 1.807) is 0 Å². The number of ether oxygens (including phenoxy) is 1. The third-order valence-corrected chi connectivity index (χ3v) is 7.31. The van der Waals surface area contributed by atoms with Gasteiger partial charge in [-0.15, -0.1) is 35.0 Å². The Bertz CT molecular complexity index is 2220. The maximum Gasteiger partial charge on any atom is 2.00 e. The average molecular weight is 710 g/mol. The van der Waals surface area contributed by atoms with Crippen LogP contribution in [0.5, 0.6) is 11.5 Å². The fraction of sp³-hybridized carbons (Fsp3) is 0.0286. The van der Waals surface area contributed by atoms with Gasteiger partial charge in [-0.2, -0.15) is 12.1 Å². The molecule has 5 nitrogen and oxygen atoms in total. The molecule has 0 saturated heterocycles. The SMILES string of the molecule is Cc1cccc(-n2c3[c-]c(Oc4[c-]c5c(cc4)c4ccccc4n5-c4ccccn4)ccc3c3ccccc32)n1.[Pt+2]. The molecule has 0 N–H and O–H groups in total. The van der Waals surface area contributed by atoms with Crippen molar-refractivity contribution in [1.29, 1.82) is 0 Å². The van der Waals surface area contributed by atoms with Crippen LogP contribution in [0.4, 0.5) is 0 Å². The summed E-state index contributed by atoms with van der Waals surface area (Å²) in [5.74, 6) is 2.91. The summed E-state index contributed by atoms with van der Waals surface area (Å²) in [5.41, 5.74) is 4.95. The number of aryl methyl sites for hydroxylation is 1. The minimum Gasteiger partial charge on any atom is -0.509 e. The van der Waals surface area contributed by atoms with Crippen LogP contribution in [0.25, 0.3) is 55.2 Å². The average Bonchev–Trinajstić information content (AvgIpc) is 3.50. The van der Waals surface area contributed by atoms with Crippen molar-refractivity contribution in [2.45, 2.75) is 6.92 Å². The number of pyridine rings is 2. The summed E-state index contributed by atoms with van der Waals surface area (Å²) in [5, 5.41) is 4.49. The number of fused-ring (bicyclic) bond motifs is 6. The Kier molecular flexibility index (Phi) is 6.18. The minimum absolute atomic E-state index is 0. The van der Waals surface area contributed by atoms with E-state index >= 15 is 0 Å². The quantitative estimate of drug-likeness (QED) is 0.173. The molecule has 198 valence electrons. The summed E-state index contributed by atoms with van der Waals surface area (Å²) in [4.78, 5) is 9.43. The number of hydrogen-bond donors (Lipinski definition) is 0.